The van der Waals surface area contributed by atoms with Gasteiger partial charge in [0.15, 0.2) is 5.82 Å². The summed E-state index contributed by atoms with van der Waals surface area (Å²) in [5.41, 5.74) is 1.81. The summed E-state index contributed by atoms with van der Waals surface area (Å²) in [5, 5.41) is 3.30. The number of imidazole rings is 1. The fourth-order valence-corrected chi connectivity index (χ4v) is 3.17. The van der Waals surface area contributed by atoms with Gasteiger partial charge in [-0.05, 0) is 51.9 Å². The number of fused-ring (bicyclic) bond motifs is 1. The van der Waals surface area contributed by atoms with E-state index in [0.29, 0.717) is 12.4 Å². The highest BCUT2D eigenvalue weighted by molar-refractivity contribution is 5.98. The third kappa shape index (κ3) is 2.78. The van der Waals surface area contributed by atoms with Crippen LogP contribution in [0.15, 0.2) is 24.3 Å². The number of rotatable bonds is 5. The minimum absolute atomic E-state index is 0.0608. The maximum atomic E-state index is 12.9. The van der Waals surface area contributed by atoms with Crippen molar-refractivity contribution in [2.45, 2.75) is 32.9 Å². The molecule has 2 heterocycles. The molecule has 0 aliphatic carbocycles. The summed E-state index contributed by atoms with van der Waals surface area (Å²) >= 11 is 0. The molecule has 1 N–H and O–H groups in total. The van der Waals surface area contributed by atoms with E-state index in [1.807, 2.05) is 42.7 Å². The average molecular weight is 301 g/mol. The van der Waals surface area contributed by atoms with Crippen molar-refractivity contribution in [3.8, 4) is 0 Å². The smallest absolute Gasteiger partial charge is 0.201 e. The van der Waals surface area contributed by atoms with Crippen molar-refractivity contribution in [1.29, 1.82) is 0 Å². The molecular formula is C17H23N3O2. The third-order valence-electron chi connectivity index (χ3n) is 4.30. The zero-order valence-electron chi connectivity index (χ0n) is 13.2. The number of benzene rings is 1. The molecule has 0 radical (unpaired) electrons. The van der Waals surface area contributed by atoms with Gasteiger partial charge in [0.05, 0.1) is 11.0 Å². The summed E-state index contributed by atoms with van der Waals surface area (Å²) in [7, 11) is 0. The molecule has 1 fully saturated rings. The van der Waals surface area contributed by atoms with Gasteiger partial charge in [-0.2, -0.15) is 0 Å². The van der Waals surface area contributed by atoms with E-state index in [-0.39, 0.29) is 17.9 Å². The maximum absolute atomic E-state index is 12.9. The number of aromatic nitrogens is 2. The molecule has 5 heteroatoms. The Morgan fingerprint density at radius 2 is 2.14 bits per heavy atom. The third-order valence-corrected chi connectivity index (χ3v) is 4.30. The van der Waals surface area contributed by atoms with Crippen LogP contribution in [0.5, 0.6) is 0 Å². The number of nitrogens with zero attached hydrogens (tertiary/aromatic N) is 2. The van der Waals surface area contributed by atoms with E-state index in [2.05, 4.69) is 10.3 Å². The van der Waals surface area contributed by atoms with E-state index in [4.69, 9.17) is 4.74 Å². The first-order chi connectivity index (χ1) is 10.7. The molecule has 1 aromatic heterocycles. The van der Waals surface area contributed by atoms with E-state index in [1.54, 1.807) is 0 Å². The quantitative estimate of drug-likeness (QED) is 0.863. The zero-order valence-corrected chi connectivity index (χ0v) is 13.2. The van der Waals surface area contributed by atoms with Crippen molar-refractivity contribution in [2.75, 3.05) is 19.7 Å². The standard InChI is InChI=1S/C17H23N3O2/c1-3-22-12(2)20-15-7-5-4-6-14(15)19-17(20)16(21)13-8-10-18-11-9-13/h4-7,12-13,18H,3,8-11H2,1-2H3. The van der Waals surface area contributed by atoms with Crippen molar-refractivity contribution < 1.29 is 9.53 Å². The molecule has 1 atom stereocenters. The molecule has 1 aliphatic rings. The summed E-state index contributed by atoms with van der Waals surface area (Å²) in [6, 6.07) is 7.86. The van der Waals surface area contributed by atoms with E-state index >= 15 is 0 Å². The second-order valence-electron chi connectivity index (χ2n) is 5.74. The zero-order chi connectivity index (χ0) is 15.5. The number of ether oxygens (including phenoxy) is 1. The molecule has 0 spiro atoms. The number of carbonyl (C=O) groups is 1. The number of hydrogen-bond acceptors (Lipinski definition) is 4. The molecule has 22 heavy (non-hydrogen) atoms. The van der Waals surface area contributed by atoms with Gasteiger partial charge >= 0.3 is 0 Å². The van der Waals surface area contributed by atoms with Crippen LogP contribution in [-0.2, 0) is 4.74 Å². The number of ketones is 1. The second-order valence-corrected chi connectivity index (χ2v) is 5.74. The SMILES string of the molecule is CCOC(C)n1c(C(=O)C2CCNCC2)nc2ccccc21. The molecule has 1 aliphatic heterocycles. The van der Waals surface area contributed by atoms with Crippen molar-refractivity contribution in [2.24, 2.45) is 5.92 Å². The summed E-state index contributed by atoms with van der Waals surface area (Å²) in [6.07, 6.45) is 1.56. The average Bonchev–Trinajstić information content (AvgIpc) is 2.94. The van der Waals surface area contributed by atoms with Crippen LogP contribution in [0.1, 0.15) is 43.5 Å². The Bertz CT molecular complexity index is 659. The van der Waals surface area contributed by atoms with Gasteiger partial charge in [-0.3, -0.25) is 9.36 Å². The summed E-state index contributed by atoms with van der Waals surface area (Å²) in [6.45, 7) is 6.34. The second kappa shape index (κ2) is 6.58. The molecule has 5 nitrogen and oxygen atoms in total. The Hall–Kier alpha value is -1.72. The lowest BCUT2D eigenvalue weighted by molar-refractivity contribution is 0.0250. The highest BCUT2D eigenvalue weighted by atomic mass is 16.5. The number of carbonyl (C=O) groups excluding carboxylic acids is 1. The van der Waals surface area contributed by atoms with E-state index in [9.17, 15) is 4.79 Å². The van der Waals surface area contributed by atoms with Gasteiger partial charge in [0.1, 0.15) is 6.23 Å². The predicted octanol–water partition coefficient (Wildman–Crippen LogP) is 2.77. The van der Waals surface area contributed by atoms with E-state index in [0.717, 1.165) is 37.0 Å². The van der Waals surface area contributed by atoms with Gasteiger partial charge in [-0.25, -0.2) is 4.98 Å². The van der Waals surface area contributed by atoms with E-state index in [1.165, 1.54) is 0 Å². The number of Topliss-reactive ketones (excluding diaryl/α,β-unsaturated/α-hetero) is 1. The van der Waals surface area contributed by atoms with Crippen molar-refractivity contribution in [1.82, 2.24) is 14.9 Å². The van der Waals surface area contributed by atoms with Crippen LogP contribution in [0.3, 0.4) is 0 Å². The largest absolute Gasteiger partial charge is 0.359 e. The van der Waals surface area contributed by atoms with Crippen LogP contribution in [0, 0.1) is 5.92 Å². The molecule has 0 saturated carbocycles. The number of para-hydroxylation sites is 2. The van der Waals surface area contributed by atoms with Crippen LogP contribution < -0.4 is 5.32 Å². The van der Waals surface area contributed by atoms with Gasteiger partial charge in [-0.1, -0.05) is 12.1 Å². The van der Waals surface area contributed by atoms with Crippen LogP contribution >= 0.6 is 0 Å². The number of piperidine rings is 1. The maximum Gasteiger partial charge on any atom is 0.201 e. The highest BCUT2D eigenvalue weighted by Gasteiger charge is 2.28. The fraction of sp³-hybridized carbons (Fsp3) is 0.529. The normalized spacial score (nSPS) is 17.7. The van der Waals surface area contributed by atoms with E-state index < -0.39 is 0 Å². The summed E-state index contributed by atoms with van der Waals surface area (Å²) in [5.74, 6) is 0.740. The van der Waals surface area contributed by atoms with Crippen molar-refractivity contribution in [3.05, 3.63) is 30.1 Å². The molecule has 1 aromatic carbocycles. The summed E-state index contributed by atoms with van der Waals surface area (Å²) in [4.78, 5) is 17.5. The first-order valence-electron chi connectivity index (χ1n) is 8.06. The Kier molecular flexibility index (Phi) is 4.55. The summed E-state index contributed by atoms with van der Waals surface area (Å²) < 4.78 is 7.68. The Balaban J connectivity index is 2.03. The number of nitrogens with one attached hydrogen (secondary N) is 1. The predicted molar refractivity (Wildman–Crippen MR) is 86.0 cm³/mol. The van der Waals surface area contributed by atoms with Gasteiger partial charge < -0.3 is 10.1 Å². The first kappa shape index (κ1) is 15.2. The van der Waals surface area contributed by atoms with Gasteiger partial charge in [0.25, 0.3) is 0 Å². The lowest BCUT2D eigenvalue weighted by Crippen LogP contribution is -2.33. The Labute approximate surface area is 130 Å². The molecule has 2 aromatic rings. The first-order valence-corrected chi connectivity index (χ1v) is 8.06. The van der Waals surface area contributed by atoms with Gasteiger partial charge in [0, 0.05) is 12.5 Å². The molecule has 118 valence electrons. The van der Waals surface area contributed by atoms with Crippen LogP contribution in [0.2, 0.25) is 0 Å². The molecule has 0 bridgehead atoms. The lowest BCUT2D eigenvalue weighted by Gasteiger charge is -2.23. The van der Waals surface area contributed by atoms with Crippen molar-refractivity contribution >= 4 is 16.8 Å². The topological polar surface area (TPSA) is 56.1 Å². The monoisotopic (exact) mass is 301 g/mol. The molecule has 3 rings (SSSR count). The molecule has 1 unspecified atom stereocenters. The minimum Gasteiger partial charge on any atom is -0.359 e. The Morgan fingerprint density at radius 3 is 2.86 bits per heavy atom. The van der Waals surface area contributed by atoms with Crippen LogP contribution in [0.4, 0.5) is 0 Å². The van der Waals surface area contributed by atoms with Gasteiger partial charge in [0.2, 0.25) is 5.78 Å². The fourth-order valence-electron chi connectivity index (χ4n) is 3.17. The van der Waals surface area contributed by atoms with Crippen molar-refractivity contribution in [3.63, 3.8) is 0 Å². The number of hydrogen-bond donors (Lipinski definition) is 1. The molecule has 1 saturated heterocycles. The molecular weight excluding hydrogens is 278 g/mol. The lowest BCUT2D eigenvalue weighted by atomic mass is 9.93. The Morgan fingerprint density at radius 1 is 1.41 bits per heavy atom. The van der Waals surface area contributed by atoms with Crippen LogP contribution in [0.25, 0.3) is 11.0 Å². The minimum atomic E-state index is -0.196. The van der Waals surface area contributed by atoms with Gasteiger partial charge in [-0.15, -0.1) is 0 Å². The molecule has 0 amide bonds. The highest BCUT2D eigenvalue weighted by Crippen LogP contribution is 2.26. The van der Waals surface area contributed by atoms with Crippen LogP contribution in [-0.4, -0.2) is 35.0 Å².